The highest BCUT2D eigenvalue weighted by Crippen LogP contribution is 2.37. The average Bonchev–Trinajstić information content (AvgIpc) is 3.18. The molecule has 4 rings (SSSR count). The van der Waals surface area contributed by atoms with E-state index < -0.39 is 29.1 Å². The molecule has 0 bridgehead atoms. The Morgan fingerprint density at radius 1 is 1.00 bits per heavy atom. The summed E-state index contributed by atoms with van der Waals surface area (Å²) in [6.45, 7) is 1.93. The molecule has 0 saturated heterocycles. The number of ether oxygens (including phenoxy) is 1. The zero-order valence-electron chi connectivity index (χ0n) is 17.2. The lowest BCUT2D eigenvalue weighted by Gasteiger charge is -2.12. The Balaban J connectivity index is 1.85. The second kappa shape index (κ2) is 8.71. The molecule has 0 N–H and O–H groups in total. The molecule has 0 amide bonds. The average molecular weight is 473 g/mol. The van der Waals surface area contributed by atoms with Gasteiger partial charge in [-0.3, -0.25) is 4.79 Å². The van der Waals surface area contributed by atoms with E-state index in [-0.39, 0.29) is 17.3 Å². The predicted molar refractivity (Wildman–Crippen MR) is 117 cm³/mol. The lowest BCUT2D eigenvalue weighted by Crippen LogP contribution is -2.15. The first-order chi connectivity index (χ1) is 15.7. The van der Waals surface area contributed by atoms with E-state index in [2.05, 4.69) is 5.10 Å². The number of carbonyl (C=O) groups excluding carboxylic acids is 2. The van der Waals surface area contributed by atoms with Crippen molar-refractivity contribution in [3.8, 4) is 5.69 Å². The van der Waals surface area contributed by atoms with Crippen molar-refractivity contribution in [1.82, 2.24) is 9.78 Å². The summed E-state index contributed by atoms with van der Waals surface area (Å²) in [5.74, 6) is -1.42. The number of benzene rings is 3. The van der Waals surface area contributed by atoms with Gasteiger partial charge in [-0.25, -0.2) is 9.48 Å². The second-order valence-corrected chi connectivity index (χ2v) is 7.44. The number of alkyl halides is 3. The zero-order chi connectivity index (χ0) is 23.8. The number of ketones is 1. The maximum Gasteiger partial charge on any atom is 0.417 e. The third kappa shape index (κ3) is 4.21. The van der Waals surface area contributed by atoms with Gasteiger partial charge in [-0.1, -0.05) is 35.9 Å². The quantitative estimate of drug-likeness (QED) is 0.260. The molecule has 0 fully saturated rings. The highest BCUT2D eigenvalue weighted by atomic mass is 35.5. The number of halogens is 4. The van der Waals surface area contributed by atoms with Crippen LogP contribution in [0.4, 0.5) is 13.2 Å². The van der Waals surface area contributed by atoms with Crippen molar-refractivity contribution in [2.45, 2.75) is 13.1 Å². The van der Waals surface area contributed by atoms with E-state index in [1.807, 2.05) is 0 Å². The first-order valence-electron chi connectivity index (χ1n) is 9.88. The third-order valence-electron chi connectivity index (χ3n) is 4.97. The third-order valence-corrected chi connectivity index (χ3v) is 5.29. The molecule has 0 aliphatic carbocycles. The van der Waals surface area contributed by atoms with Crippen molar-refractivity contribution in [2.75, 3.05) is 6.61 Å². The van der Waals surface area contributed by atoms with Crippen LogP contribution >= 0.6 is 11.6 Å². The van der Waals surface area contributed by atoms with Crippen molar-refractivity contribution in [2.24, 2.45) is 0 Å². The number of rotatable bonds is 5. The molecule has 0 unspecified atom stereocenters. The fourth-order valence-electron chi connectivity index (χ4n) is 3.49. The SMILES string of the molecule is CCOC(=O)c1ccc(-n2nc(C(=O)c3c(Cl)cccc3C(F)(F)F)c3ccccc32)cc1. The molecule has 33 heavy (non-hydrogen) atoms. The highest BCUT2D eigenvalue weighted by molar-refractivity contribution is 6.35. The second-order valence-electron chi connectivity index (χ2n) is 7.03. The van der Waals surface area contributed by atoms with Gasteiger partial charge >= 0.3 is 12.1 Å². The van der Waals surface area contributed by atoms with E-state index in [0.717, 1.165) is 12.1 Å². The summed E-state index contributed by atoms with van der Waals surface area (Å²) in [5, 5.41) is 4.39. The van der Waals surface area contributed by atoms with E-state index in [4.69, 9.17) is 16.3 Å². The number of para-hydroxylation sites is 1. The lowest BCUT2D eigenvalue weighted by atomic mass is 9.99. The highest BCUT2D eigenvalue weighted by Gasteiger charge is 2.37. The van der Waals surface area contributed by atoms with E-state index in [9.17, 15) is 22.8 Å². The Kier molecular flexibility index (Phi) is 5.95. The Morgan fingerprint density at radius 2 is 1.70 bits per heavy atom. The van der Waals surface area contributed by atoms with Gasteiger partial charge in [0.05, 0.1) is 39.5 Å². The monoisotopic (exact) mass is 472 g/mol. The van der Waals surface area contributed by atoms with Gasteiger partial charge in [0.15, 0.2) is 0 Å². The predicted octanol–water partition coefficient (Wildman–Crippen LogP) is 6.11. The minimum Gasteiger partial charge on any atom is -0.462 e. The van der Waals surface area contributed by atoms with Crippen LogP contribution < -0.4 is 0 Å². The standard InChI is InChI=1S/C24H16ClF3N2O3/c1-2-33-23(32)14-10-12-15(13-11-14)30-19-9-4-3-6-16(19)21(29-30)22(31)20-17(24(26,27)28)7-5-8-18(20)25/h3-13H,2H2,1H3. The van der Waals surface area contributed by atoms with Crippen LogP contribution in [0, 0.1) is 0 Å². The van der Waals surface area contributed by atoms with E-state index in [1.165, 1.54) is 10.7 Å². The van der Waals surface area contributed by atoms with Crippen molar-refractivity contribution in [1.29, 1.82) is 0 Å². The number of nitrogens with zero attached hydrogens (tertiary/aromatic N) is 2. The van der Waals surface area contributed by atoms with Crippen molar-refractivity contribution in [3.05, 3.63) is 94.1 Å². The molecule has 168 valence electrons. The van der Waals surface area contributed by atoms with Crippen LogP contribution in [-0.2, 0) is 10.9 Å². The molecule has 9 heteroatoms. The van der Waals surface area contributed by atoms with Gasteiger partial charge in [0.1, 0.15) is 5.69 Å². The summed E-state index contributed by atoms with van der Waals surface area (Å²) >= 11 is 6.03. The van der Waals surface area contributed by atoms with Crippen LogP contribution in [0.3, 0.4) is 0 Å². The van der Waals surface area contributed by atoms with Gasteiger partial charge in [-0.15, -0.1) is 0 Å². The number of hydrogen-bond acceptors (Lipinski definition) is 4. The maximum atomic E-state index is 13.6. The van der Waals surface area contributed by atoms with Gasteiger partial charge in [0, 0.05) is 5.39 Å². The molecule has 0 radical (unpaired) electrons. The van der Waals surface area contributed by atoms with Crippen molar-refractivity contribution in [3.63, 3.8) is 0 Å². The topological polar surface area (TPSA) is 61.2 Å². The number of fused-ring (bicyclic) bond motifs is 1. The number of carbonyl (C=O) groups is 2. The van der Waals surface area contributed by atoms with Crippen LogP contribution in [0.1, 0.15) is 38.9 Å². The Hall–Kier alpha value is -3.65. The summed E-state index contributed by atoms with van der Waals surface area (Å²) in [6, 6.07) is 16.2. The number of aromatic nitrogens is 2. The Bertz CT molecular complexity index is 1360. The van der Waals surface area contributed by atoms with Crippen LogP contribution in [0.25, 0.3) is 16.6 Å². The Morgan fingerprint density at radius 3 is 2.36 bits per heavy atom. The van der Waals surface area contributed by atoms with Gasteiger partial charge in [0.25, 0.3) is 0 Å². The summed E-state index contributed by atoms with van der Waals surface area (Å²) in [4.78, 5) is 25.2. The van der Waals surface area contributed by atoms with Crippen LogP contribution in [0.15, 0.2) is 66.7 Å². The lowest BCUT2D eigenvalue weighted by molar-refractivity contribution is -0.137. The van der Waals surface area contributed by atoms with Crippen LogP contribution in [-0.4, -0.2) is 28.1 Å². The molecule has 4 aromatic rings. The van der Waals surface area contributed by atoms with Crippen molar-refractivity contribution < 1.29 is 27.5 Å². The Labute approximate surface area is 191 Å². The summed E-state index contributed by atoms with van der Waals surface area (Å²) < 4.78 is 47.1. The van der Waals surface area contributed by atoms with Crippen molar-refractivity contribution >= 4 is 34.3 Å². The smallest absolute Gasteiger partial charge is 0.417 e. The number of esters is 1. The zero-order valence-corrected chi connectivity index (χ0v) is 17.9. The van der Waals surface area contributed by atoms with Crippen LogP contribution in [0.5, 0.6) is 0 Å². The summed E-state index contributed by atoms with van der Waals surface area (Å²) in [7, 11) is 0. The van der Waals surface area contributed by atoms with Gasteiger partial charge < -0.3 is 4.74 Å². The summed E-state index contributed by atoms with van der Waals surface area (Å²) in [5.41, 5.74) is -0.603. The molecule has 1 aromatic heterocycles. The molecule has 0 saturated carbocycles. The maximum absolute atomic E-state index is 13.6. The van der Waals surface area contributed by atoms with Crippen LogP contribution in [0.2, 0.25) is 5.02 Å². The van der Waals surface area contributed by atoms with E-state index in [0.29, 0.717) is 22.2 Å². The first kappa shape index (κ1) is 22.5. The molecule has 1 heterocycles. The molecule has 0 spiro atoms. The minimum atomic E-state index is -4.77. The first-order valence-corrected chi connectivity index (χ1v) is 10.3. The van der Waals surface area contributed by atoms with E-state index in [1.54, 1.807) is 55.5 Å². The molecular weight excluding hydrogens is 457 g/mol. The summed E-state index contributed by atoms with van der Waals surface area (Å²) in [6.07, 6.45) is -4.77. The van der Waals surface area contributed by atoms with Gasteiger partial charge in [-0.2, -0.15) is 18.3 Å². The van der Waals surface area contributed by atoms with Gasteiger partial charge in [-0.05, 0) is 49.4 Å². The normalized spacial score (nSPS) is 11.5. The van der Waals surface area contributed by atoms with E-state index >= 15 is 0 Å². The number of hydrogen-bond donors (Lipinski definition) is 0. The molecular formula is C24H16ClF3N2O3. The largest absolute Gasteiger partial charge is 0.462 e. The minimum absolute atomic E-state index is 0.168. The fourth-order valence-corrected chi connectivity index (χ4v) is 3.75. The van der Waals surface area contributed by atoms with Gasteiger partial charge in [0.2, 0.25) is 5.78 Å². The molecule has 0 aliphatic heterocycles. The fraction of sp³-hybridized carbons (Fsp3) is 0.125. The molecule has 5 nitrogen and oxygen atoms in total. The molecule has 3 aromatic carbocycles. The molecule has 0 atom stereocenters. The molecule has 0 aliphatic rings.